The molecule has 0 aliphatic carbocycles. The fourth-order valence-electron chi connectivity index (χ4n) is 12.2. The Morgan fingerprint density at radius 1 is 0.692 bits per heavy atom. The number of halogens is 5. The van der Waals surface area contributed by atoms with E-state index in [2.05, 4.69) is 20.6 Å². The molecule has 22 heteroatoms. The summed E-state index contributed by atoms with van der Waals surface area (Å²) in [6.45, 7) is 4.93. The molecule has 8 atom stereocenters. The summed E-state index contributed by atoms with van der Waals surface area (Å²) in [5.41, 5.74) is 2.61. The number of piperidine rings is 1. The first-order valence-corrected chi connectivity index (χ1v) is 26.7. The molecule has 17 nitrogen and oxygen atoms in total. The highest BCUT2D eigenvalue weighted by atomic mass is 19.1. The molecule has 416 valence electrons. The summed E-state index contributed by atoms with van der Waals surface area (Å²) in [4.78, 5) is 62.9. The van der Waals surface area contributed by atoms with Crippen molar-refractivity contribution < 1.29 is 55.7 Å². The van der Waals surface area contributed by atoms with Crippen molar-refractivity contribution in [3.05, 3.63) is 118 Å². The van der Waals surface area contributed by atoms with Crippen LogP contribution < -0.4 is 20.4 Å². The summed E-state index contributed by atoms with van der Waals surface area (Å²) in [5, 5.41) is 15.5. The van der Waals surface area contributed by atoms with Crippen LogP contribution in [0.3, 0.4) is 0 Å². The number of nitrogens with zero attached hydrogens (tertiary/aromatic N) is 6. The van der Waals surface area contributed by atoms with Crippen molar-refractivity contribution in [3.8, 4) is 0 Å². The van der Waals surface area contributed by atoms with E-state index < -0.39 is 84.0 Å². The van der Waals surface area contributed by atoms with Crippen LogP contribution in [0.4, 0.5) is 38.1 Å². The lowest BCUT2D eigenvalue weighted by Gasteiger charge is -2.36. The van der Waals surface area contributed by atoms with Crippen LogP contribution in [0.15, 0.2) is 60.7 Å². The zero-order valence-electron chi connectivity index (χ0n) is 44.1. The molecular formula is C56H65F5N10O7. The topological polar surface area (TPSA) is 194 Å². The number of amides is 3. The van der Waals surface area contributed by atoms with E-state index in [0.717, 1.165) is 5.56 Å². The van der Waals surface area contributed by atoms with Gasteiger partial charge in [0.15, 0.2) is 11.6 Å². The van der Waals surface area contributed by atoms with E-state index in [-0.39, 0.29) is 58.5 Å². The molecule has 2 aromatic heterocycles. The maximum absolute atomic E-state index is 17.0. The molecular weight excluding hydrogens is 1020 g/mol. The van der Waals surface area contributed by atoms with Gasteiger partial charge in [-0.1, -0.05) is 19.1 Å². The van der Waals surface area contributed by atoms with Crippen LogP contribution in [-0.2, 0) is 23.8 Å². The number of carbonyl (C=O) groups is 3. The maximum atomic E-state index is 17.0. The van der Waals surface area contributed by atoms with Gasteiger partial charge in [-0.15, -0.1) is 0 Å². The highest BCUT2D eigenvalue weighted by Crippen LogP contribution is 2.50. The van der Waals surface area contributed by atoms with Gasteiger partial charge in [0.2, 0.25) is 18.2 Å². The van der Waals surface area contributed by atoms with Crippen LogP contribution in [0.5, 0.6) is 0 Å². The molecule has 0 spiro atoms. The third-order valence-electron chi connectivity index (χ3n) is 16.3. The van der Waals surface area contributed by atoms with Crippen molar-refractivity contribution in [2.45, 2.75) is 126 Å². The average Bonchev–Trinajstić information content (AvgIpc) is 4.49. The number of carbonyl (C=O) groups excluding carboxylic acids is 3. The Morgan fingerprint density at radius 3 is 1.73 bits per heavy atom. The molecule has 4 saturated heterocycles. The van der Waals surface area contributed by atoms with E-state index >= 15 is 17.6 Å². The van der Waals surface area contributed by atoms with Crippen LogP contribution in [0.25, 0.3) is 22.1 Å². The minimum Gasteiger partial charge on any atom is -0.453 e. The standard InChI is InChI=1S/C56H65F5N10O7/c1-6-40(66-55(74)77-4)53(72)69-19-7-9-47(69)51-62-41-25-34(36(58)27-43(41)64-51)45-15-16-46(71(45)33-23-38(60)50(39(61)24-33)68-21-17-31(18-22-68)30-11-13-32(57)14-12-30)35-26-42-44(28-37(35)59)65-52(63-42)48-10-8-20-70(48)54(73)49(29(2)76-3)67-56(75)78-5/h11-14,23-29,31,40,45-49,55,66,74H,6-10,15-22H2,1-5H3,(H,62,64)(H,63,65)(H,67,75)/t29-,40+,45-,46-,47+,48+,49+,55?/m1/s1. The Morgan fingerprint density at radius 2 is 1.23 bits per heavy atom. The molecule has 10 rings (SSSR count). The molecule has 0 radical (unpaired) electrons. The highest BCUT2D eigenvalue weighted by molar-refractivity contribution is 5.87. The van der Waals surface area contributed by atoms with E-state index in [0.29, 0.717) is 99.3 Å². The molecule has 1 unspecified atom stereocenters. The maximum Gasteiger partial charge on any atom is 0.407 e. The number of H-pyrrole nitrogens is 2. The highest BCUT2D eigenvalue weighted by Gasteiger charge is 2.42. The SMILES string of the molecule is CC[C@H](NC(O)OC)C(=O)N1CCC[C@H]1c1nc2cc(F)c([C@H]3CC[C@H](c4cc5[nH]c([C@@H]6CCCN6C(=O)[C@@H](NC(=O)OC)[C@@H](C)OC)nc5cc4F)N3c3cc(F)c(N4CCC(c5ccc(F)cc5)CC4)c(F)c3)cc2[nH]1. The van der Waals surface area contributed by atoms with Crippen LogP contribution in [0.1, 0.15) is 130 Å². The quantitative estimate of drug-likeness (QED) is 0.0457. The molecule has 3 amide bonds. The Labute approximate surface area is 447 Å². The second-order valence-electron chi connectivity index (χ2n) is 20.8. The Bertz CT molecular complexity index is 3150. The number of aliphatic hydroxyl groups is 1. The number of anilines is 2. The zero-order valence-corrected chi connectivity index (χ0v) is 44.1. The summed E-state index contributed by atoms with van der Waals surface area (Å²) in [5.74, 6) is -3.08. The summed E-state index contributed by atoms with van der Waals surface area (Å²) in [7, 11) is 3.94. The molecule has 6 aromatic rings. The Kier molecular flexibility index (Phi) is 15.9. The number of methoxy groups -OCH3 is 3. The first-order valence-electron chi connectivity index (χ1n) is 26.7. The number of hydrogen-bond donors (Lipinski definition) is 5. The normalized spacial score (nSPS) is 21.7. The minimum absolute atomic E-state index is 0.0651. The van der Waals surface area contributed by atoms with Crippen molar-refractivity contribution >= 4 is 51.3 Å². The number of fused-ring (bicyclic) bond motifs is 2. The van der Waals surface area contributed by atoms with Gasteiger partial charge >= 0.3 is 6.09 Å². The van der Waals surface area contributed by atoms with E-state index in [1.807, 2.05) is 6.92 Å². The predicted octanol–water partition coefficient (Wildman–Crippen LogP) is 8.98. The molecule has 4 fully saturated rings. The Balaban J connectivity index is 0.990. The number of hydrogen-bond acceptors (Lipinski definition) is 12. The number of rotatable bonds is 16. The number of nitrogens with one attached hydrogen (secondary N) is 4. The van der Waals surface area contributed by atoms with Crippen LogP contribution in [0.2, 0.25) is 0 Å². The van der Waals surface area contributed by atoms with Crippen LogP contribution in [-0.4, -0.2) is 125 Å². The number of alkyl carbamates (subject to hydrolysis) is 1. The van der Waals surface area contributed by atoms with Crippen LogP contribution >= 0.6 is 0 Å². The van der Waals surface area contributed by atoms with Crippen molar-refractivity contribution in [2.24, 2.45) is 0 Å². The molecule has 6 heterocycles. The lowest BCUT2D eigenvalue weighted by Crippen LogP contribution is -2.54. The molecule has 4 aliphatic heterocycles. The smallest absolute Gasteiger partial charge is 0.407 e. The summed E-state index contributed by atoms with van der Waals surface area (Å²) < 4.78 is 96.4. The average molecular weight is 1090 g/mol. The summed E-state index contributed by atoms with van der Waals surface area (Å²) in [6.07, 6.45) is 1.56. The van der Waals surface area contributed by atoms with Gasteiger partial charge in [0.1, 0.15) is 40.8 Å². The van der Waals surface area contributed by atoms with Crippen molar-refractivity contribution in [3.63, 3.8) is 0 Å². The number of benzene rings is 4. The monoisotopic (exact) mass is 1080 g/mol. The second kappa shape index (κ2) is 22.8. The van der Waals surface area contributed by atoms with E-state index in [9.17, 15) is 23.9 Å². The molecule has 4 aliphatic rings. The first-order chi connectivity index (χ1) is 37.6. The molecule has 78 heavy (non-hydrogen) atoms. The van der Waals surface area contributed by atoms with Crippen LogP contribution in [0, 0.1) is 29.1 Å². The largest absolute Gasteiger partial charge is 0.453 e. The van der Waals surface area contributed by atoms with Gasteiger partial charge in [-0.25, -0.2) is 36.7 Å². The lowest BCUT2D eigenvalue weighted by molar-refractivity contribution is -0.143. The number of imidazole rings is 2. The number of aromatic nitrogens is 4. The minimum atomic E-state index is -1.35. The molecule has 4 aromatic carbocycles. The van der Waals surface area contributed by atoms with Crippen molar-refractivity contribution in [1.29, 1.82) is 0 Å². The second-order valence-corrected chi connectivity index (χ2v) is 20.8. The van der Waals surface area contributed by atoms with Gasteiger partial charge in [0, 0.05) is 69.3 Å². The summed E-state index contributed by atoms with van der Waals surface area (Å²) >= 11 is 0. The van der Waals surface area contributed by atoms with Gasteiger partial charge in [0.05, 0.1) is 65.5 Å². The fraction of sp³-hybridized carbons (Fsp3) is 0.482. The number of likely N-dealkylation sites (tertiary alicyclic amines) is 2. The molecule has 5 N–H and O–H groups in total. The van der Waals surface area contributed by atoms with E-state index in [1.165, 1.54) is 57.7 Å². The number of aliphatic hydroxyl groups excluding tert-OH is 1. The van der Waals surface area contributed by atoms with E-state index in [4.69, 9.17) is 24.2 Å². The number of aromatic amines is 2. The zero-order chi connectivity index (χ0) is 55.1. The first kappa shape index (κ1) is 54.5. The van der Waals surface area contributed by atoms with Gasteiger partial charge in [-0.3, -0.25) is 14.9 Å². The van der Waals surface area contributed by atoms with E-state index in [1.54, 1.807) is 50.8 Å². The third kappa shape index (κ3) is 10.6. The predicted molar refractivity (Wildman–Crippen MR) is 280 cm³/mol. The number of ether oxygens (including phenoxy) is 3. The van der Waals surface area contributed by atoms with Gasteiger partial charge in [-0.2, -0.15) is 0 Å². The van der Waals surface area contributed by atoms with Gasteiger partial charge in [0.25, 0.3) is 0 Å². The lowest BCUT2D eigenvalue weighted by atomic mass is 9.89. The fourth-order valence-corrected chi connectivity index (χ4v) is 12.2. The Hall–Kier alpha value is -6.88. The molecule has 0 saturated carbocycles. The third-order valence-corrected chi connectivity index (χ3v) is 16.3. The van der Waals surface area contributed by atoms with Gasteiger partial charge in [-0.05, 0) is 113 Å². The van der Waals surface area contributed by atoms with Gasteiger partial charge < -0.3 is 54.2 Å². The summed E-state index contributed by atoms with van der Waals surface area (Å²) in [6, 6.07) is 9.90. The molecule has 0 bridgehead atoms. The van der Waals surface area contributed by atoms with Crippen molar-refractivity contribution in [2.75, 3.05) is 57.3 Å². The van der Waals surface area contributed by atoms with Crippen molar-refractivity contribution in [1.82, 2.24) is 40.4 Å².